The van der Waals surface area contributed by atoms with Crippen LogP contribution in [0.4, 0.5) is 0 Å². The van der Waals surface area contributed by atoms with Gasteiger partial charge in [-0.05, 0) is 55.7 Å². The molecule has 0 saturated carbocycles. The third-order valence-electron chi connectivity index (χ3n) is 6.66. The lowest BCUT2D eigenvalue weighted by atomic mass is 10.0. The molecule has 37 heavy (non-hydrogen) atoms. The molecule has 5 rings (SSSR count). The number of nitrogens with zero attached hydrogens (tertiary/aromatic N) is 4. The number of likely N-dealkylation sites (tertiary alicyclic amines) is 1. The zero-order valence-electron chi connectivity index (χ0n) is 21.3. The second-order valence-corrected chi connectivity index (χ2v) is 10.9. The summed E-state index contributed by atoms with van der Waals surface area (Å²) in [5, 5.41) is 13.4. The highest BCUT2D eigenvalue weighted by Gasteiger charge is 2.32. The number of aromatic nitrogens is 2. The van der Waals surface area contributed by atoms with Crippen LogP contribution in [0.2, 0.25) is 0 Å². The van der Waals surface area contributed by atoms with Crippen LogP contribution in [-0.2, 0) is 22.7 Å². The van der Waals surface area contributed by atoms with E-state index in [0.717, 1.165) is 34.1 Å². The number of piperidine rings is 1. The highest BCUT2D eigenvalue weighted by molar-refractivity contribution is 7.11. The summed E-state index contributed by atoms with van der Waals surface area (Å²) in [5.41, 5.74) is 2.36. The minimum atomic E-state index is -0.245. The second kappa shape index (κ2) is 11.0. The highest BCUT2D eigenvalue weighted by Crippen LogP contribution is 2.28. The van der Waals surface area contributed by atoms with E-state index in [4.69, 9.17) is 9.47 Å². The number of carbonyl (C=O) groups is 2. The third-order valence-corrected chi connectivity index (χ3v) is 7.48. The Kier molecular flexibility index (Phi) is 7.50. The Morgan fingerprint density at radius 2 is 2.00 bits per heavy atom. The molecule has 2 atom stereocenters. The van der Waals surface area contributed by atoms with Crippen molar-refractivity contribution in [3.8, 4) is 11.5 Å². The van der Waals surface area contributed by atoms with Crippen molar-refractivity contribution in [2.24, 2.45) is 0 Å². The van der Waals surface area contributed by atoms with Crippen LogP contribution in [0.5, 0.6) is 11.5 Å². The number of carbonyl (C=O) groups excluding carboxylic acids is 2. The number of nitrogens with one attached hydrogen (secondary N) is 1. The Balaban J connectivity index is 1.39. The first kappa shape index (κ1) is 25.3. The lowest BCUT2D eigenvalue weighted by molar-refractivity contribution is -0.125. The first-order chi connectivity index (χ1) is 17.8. The van der Waals surface area contributed by atoms with E-state index in [1.807, 2.05) is 44.2 Å². The van der Waals surface area contributed by atoms with E-state index in [-0.39, 0.29) is 30.5 Å². The minimum Gasteiger partial charge on any atom is -0.457 e. The summed E-state index contributed by atoms with van der Waals surface area (Å²) in [6, 6.07) is 12.9. The van der Waals surface area contributed by atoms with Gasteiger partial charge < -0.3 is 19.7 Å². The fourth-order valence-corrected chi connectivity index (χ4v) is 5.46. The first-order valence-corrected chi connectivity index (χ1v) is 13.2. The topological polar surface area (TPSA) is 96.9 Å². The Morgan fingerprint density at radius 1 is 1.14 bits per heavy atom. The average Bonchev–Trinajstić information content (AvgIpc) is 3.28. The van der Waals surface area contributed by atoms with E-state index in [1.165, 1.54) is 4.90 Å². The number of fused-ring (bicyclic) bond motifs is 5. The van der Waals surface area contributed by atoms with Gasteiger partial charge in [-0.1, -0.05) is 18.2 Å². The van der Waals surface area contributed by atoms with Gasteiger partial charge in [-0.3, -0.25) is 14.5 Å². The second-order valence-electron chi connectivity index (χ2n) is 9.65. The predicted molar refractivity (Wildman–Crippen MR) is 140 cm³/mol. The molecule has 0 spiro atoms. The number of likely N-dealkylation sites (N-methyl/N-ethyl adjacent to an activating group) is 1. The largest absolute Gasteiger partial charge is 0.457 e. The monoisotopic (exact) mass is 521 g/mol. The summed E-state index contributed by atoms with van der Waals surface area (Å²) >= 11 is 1.58. The first-order valence-electron chi connectivity index (χ1n) is 12.4. The Hall–Kier alpha value is -3.34. The Labute approximate surface area is 220 Å². The molecule has 2 amide bonds. The standard InChI is InChI=1S/C27H31N5O4S/c1-17-7-8-20-12-24(17)36-21-6-4-5-19(11-21)16-35-23-9-10-32(15-26-30-29-18(2)37-26)13-22(23)28-25(33)14-31(3)27(20)34/h4-8,11-12,22-23H,9-10,13-16H2,1-3H3,(H,28,33)/t22-,23+/m0/s1. The van der Waals surface area contributed by atoms with E-state index in [0.29, 0.717) is 36.8 Å². The van der Waals surface area contributed by atoms with Gasteiger partial charge in [-0.2, -0.15) is 0 Å². The molecule has 0 unspecified atom stereocenters. The van der Waals surface area contributed by atoms with Crippen molar-refractivity contribution in [3.63, 3.8) is 0 Å². The van der Waals surface area contributed by atoms with Crippen molar-refractivity contribution >= 4 is 23.2 Å². The fourth-order valence-electron chi connectivity index (χ4n) is 4.70. The highest BCUT2D eigenvalue weighted by atomic mass is 32.1. The number of aryl methyl sites for hydroxylation is 2. The number of benzene rings is 2. The van der Waals surface area contributed by atoms with Gasteiger partial charge in [0, 0.05) is 25.7 Å². The molecule has 194 valence electrons. The maximum Gasteiger partial charge on any atom is 0.254 e. The van der Waals surface area contributed by atoms with Gasteiger partial charge in [-0.15, -0.1) is 21.5 Å². The smallest absolute Gasteiger partial charge is 0.254 e. The van der Waals surface area contributed by atoms with E-state index in [9.17, 15) is 9.59 Å². The summed E-state index contributed by atoms with van der Waals surface area (Å²) in [5.74, 6) is 0.819. The minimum absolute atomic E-state index is 0.0548. The normalized spacial score (nSPS) is 21.2. The molecule has 3 aromatic rings. The van der Waals surface area contributed by atoms with Crippen molar-refractivity contribution in [2.75, 3.05) is 26.7 Å². The van der Waals surface area contributed by atoms with Gasteiger partial charge in [-0.25, -0.2) is 0 Å². The molecule has 9 nitrogen and oxygen atoms in total. The third kappa shape index (κ3) is 6.15. The molecule has 10 heteroatoms. The van der Waals surface area contributed by atoms with Crippen LogP contribution >= 0.6 is 11.3 Å². The van der Waals surface area contributed by atoms with Crippen LogP contribution in [0, 0.1) is 13.8 Å². The number of hydrogen-bond donors (Lipinski definition) is 1. The average molecular weight is 522 g/mol. The van der Waals surface area contributed by atoms with Gasteiger partial charge in [0.15, 0.2) is 0 Å². The molecule has 1 saturated heterocycles. The summed E-state index contributed by atoms with van der Waals surface area (Å²) in [6.45, 7) is 6.35. The SMILES string of the molecule is Cc1nnc(CN2CC[C@H]3OCc4cccc(c4)Oc4cc(ccc4C)C(=O)N(C)CC(=O)N[C@H]3C2)s1. The molecule has 0 aliphatic carbocycles. The van der Waals surface area contributed by atoms with E-state index in [1.54, 1.807) is 30.5 Å². The number of ether oxygens (including phenoxy) is 2. The van der Waals surface area contributed by atoms with Crippen LogP contribution in [0.1, 0.15) is 37.9 Å². The summed E-state index contributed by atoms with van der Waals surface area (Å²) < 4.78 is 12.5. The maximum atomic E-state index is 13.1. The molecule has 1 N–H and O–H groups in total. The molecule has 2 aliphatic rings. The number of amides is 2. The molecule has 0 radical (unpaired) electrons. The molecular weight excluding hydrogens is 490 g/mol. The van der Waals surface area contributed by atoms with Crippen molar-refractivity contribution in [2.45, 2.75) is 45.6 Å². The zero-order chi connectivity index (χ0) is 25.9. The molecule has 3 heterocycles. The van der Waals surface area contributed by atoms with Crippen molar-refractivity contribution < 1.29 is 19.1 Å². The summed E-state index contributed by atoms with van der Waals surface area (Å²) in [7, 11) is 1.63. The fraction of sp³-hybridized carbons (Fsp3) is 0.407. The van der Waals surface area contributed by atoms with Crippen LogP contribution in [0.25, 0.3) is 0 Å². The van der Waals surface area contributed by atoms with Crippen molar-refractivity contribution in [1.82, 2.24) is 25.3 Å². The Morgan fingerprint density at radius 3 is 2.81 bits per heavy atom. The molecule has 2 aliphatic heterocycles. The number of rotatable bonds is 2. The molecule has 1 fully saturated rings. The van der Waals surface area contributed by atoms with Gasteiger partial charge in [0.2, 0.25) is 5.91 Å². The maximum absolute atomic E-state index is 13.1. The summed E-state index contributed by atoms with van der Waals surface area (Å²) in [6.07, 6.45) is 0.599. The van der Waals surface area contributed by atoms with E-state index in [2.05, 4.69) is 20.4 Å². The Bertz CT molecular complexity index is 1300. The van der Waals surface area contributed by atoms with Gasteiger partial charge in [0.25, 0.3) is 5.91 Å². The molecular formula is C27H31N5O4S. The van der Waals surface area contributed by atoms with Crippen LogP contribution in [-0.4, -0.2) is 70.6 Å². The molecule has 2 aromatic carbocycles. The van der Waals surface area contributed by atoms with Gasteiger partial charge in [0.1, 0.15) is 21.5 Å². The van der Waals surface area contributed by atoms with Crippen LogP contribution in [0.3, 0.4) is 0 Å². The van der Waals surface area contributed by atoms with Crippen LogP contribution in [0.15, 0.2) is 42.5 Å². The van der Waals surface area contributed by atoms with E-state index < -0.39 is 0 Å². The molecule has 1 aromatic heterocycles. The summed E-state index contributed by atoms with van der Waals surface area (Å²) in [4.78, 5) is 29.9. The van der Waals surface area contributed by atoms with Gasteiger partial charge >= 0.3 is 0 Å². The number of hydrogen-bond acceptors (Lipinski definition) is 8. The van der Waals surface area contributed by atoms with Crippen molar-refractivity contribution in [3.05, 3.63) is 69.2 Å². The molecule has 4 bridgehead atoms. The zero-order valence-corrected chi connectivity index (χ0v) is 22.1. The van der Waals surface area contributed by atoms with Crippen LogP contribution < -0.4 is 10.1 Å². The predicted octanol–water partition coefficient (Wildman–Crippen LogP) is 3.31. The lowest BCUT2D eigenvalue weighted by Gasteiger charge is -2.38. The van der Waals surface area contributed by atoms with E-state index >= 15 is 0 Å². The lowest BCUT2D eigenvalue weighted by Crippen LogP contribution is -2.57. The van der Waals surface area contributed by atoms with Crippen molar-refractivity contribution in [1.29, 1.82) is 0 Å². The van der Waals surface area contributed by atoms with Gasteiger partial charge in [0.05, 0.1) is 31.8 Å². The quantitative estimate of drug-likeness (QED) is 0.553.